The monoisotopic (exact) mass is 207 g/mol. The quantitative estimate of drug-likeness (QED) is 0.592. The van der Waals surface area contributed by atoms with E-state index < -0.39 is 0 Å². The maximum atomic E-state index is 5.85. The summed E-state index contributed by atoms with van der Waals surface area (Å²) < 4.78 is 0. The van der Waals surface area contributed by atoms with Crippen molar-refractivity contribution < 1.29 is 0 Å². The lowest BCUT2D eigenvalue weighted by molar-refractivity contribution is 0.699. The van der Waals surface area contributed by atoms with E-state index in [0.717, 1.165) is 24.5 Å². The third kappa shape index (κ3) is 3.41. The van der Waals surface area contributed by atoms with Crippen LogP contribution in [0.4, 0.5) is 0 Å². The van der Waals surface area contributed by atoms with Crippen molar-refractivity contribution in [2.24, 2.45) is 0 Å². The van der Waals surface area contributed by atoms with Crippen LogP contribution in [0.1, 0.15) is 17.5 Å². The van der Waals surface area contributed by atoms with Gasteiger partial charge in [0.15, 0.2) is 0 Å². The van der Waals surface area contributed by atoms with Crippen LogP contribution >= 0.6 is 11.6 Å². The lowest BCUT2D eigenvalue weighted by atomic mass is 10.1. The Hall–Kier alpha value is -0.970. The molecule has 0 spiro atoms. The highest BCUT2D eigenvalue weighted by Gasteiger charge is 1.97. The summed E-state index contributed by atoms with van der Waals surface area (Å²) in [6.07, 6.45) is 5.92. The standard InChI is InChI=1S/C12H14ClN/c1-3-4-7-14-9-11-5-6-12(13)8-10(11)2/h1,5-6,8,14H,4,7,9H2,2H3. The third-order valence-electron chi connectivity index (χ3n) is 2.07. The Kier molecular flexibility index (Phi) is 4.52. The fourth-order valence-corrected chi connectivity index (χ4v) is 1.47. The molecular weight excluding hydrogens is 194 g/mol. The van der Waals surface area contributed by atoms with Gasteiger partial charge in [0.2, 0.25) is 0 Å². The van der Waals surface area contributed by atoms with Crippen molar-refractivity contribution in [2.75, 3.05) is 6.54 Å². The smallest absolute Gasteiger partial charge is 0.0408 e. The number of hydrogen-bond donors (Lipinski definition) is 1. The molecule has 0 aliphatic rings. The van der Waals surface area contributed by atoms with E-state index in [2.05, 4.69) is 18.2 Å². The average molecular weight is 208 g/mol. The van der Waals surface area contributed by atoms with Gasteiger partial charge in [0.05, 0.1) is 0 Å². The Labute approximate surface area is 90.5 Å². The lowest BCUT2D eigenvalue weighted by Crippen LogP contribution is -2.14. The largest absolute Gasteiger partial charge is 0.312 e. The number of aryl methyl sites for hydroxylation is 1. The maximum Gasteiger partial charge on any atom is 0.0408 e. The first kappa shape index (κ1) is 11.1. The first-order chi connectivity index (χ1) is 6.74. The summed E-state index contributed by atoms with van der Waals surface area (Å²) in [5, 5.41) is 4.06. The number of hydrogen-bond acceptors (Lipinski definition) is 1. The number of benzene rings is 1. The molecule has 14 heavy (non-hydrogen) atoms. The number of nitrogens with one attached hydrogen (secondary N) is 1. The number of rotatable bonds is 4. The third-order valence-corrected chi connectivity index (χ3v) is 2.30. The van der Waals surface area contributed by atoms with Crippen LogP contribution in [0.5, 0.6) is 0 Å². The van der Waals surface area contributed by atoms with Gasteiger partial charge < -0.3 is 5.32 Å². The zero-order valence-electron chi connectivity index (χ0n) is 8.31. The van der Waals surface area contributed by atoms with Crippen molar-refractivity contribution in [3.63, 3.8) is 0 Å². The molecule has 74 valence electrons. The maximum absolute atomic E-state index is 5.85. The molecule has 2 heteroatoms. The van der Waals surface area contributed by atoms with Gasteiger partial charge in [0, 0.05) is 24.5 Å². The van der Waals surface area contributed by atoms with E-state index in [1.807, 2.05) is 18.2 Å². The van der Waals surface area contributed by atoms with Gasteiger partial charge in [-0.15, -0.1) is 12.3 Å². The zero-order valence-corrected chi connectivity index (χ0v) is 9.06. The Morgan fingerprint density at radius 2 is 2.29 bits per heavy atom. The first-order valence-electron chi connectivity index (χ1n) is 4.63. The predicted octanol–water partition coefficient (Wildman–Crippen LogP) is 2.76. The SMILES string of the molecule is C#CCCNCc1ccc(Cl)cc1C. The number of halogens is 1. The van der Waals surface area contributed by atoms with Crippen molar-refractivity contribution >= 4 is 11.6 Å². The van der Waals surface area contributed by atoms with Gasteiger partial charge in [-0.25, -0.2) is 0 Å². The van der Waals surface area contributed by atoms with Crippen LogP contribution in [0, 0.1) is 19.3 Å². The average Bonchev–Trinajstić information content (AvgIpc) is 2.15. The Morgan fingerprint density at radius 3 is 2.93 bits per heavy atom. The molecule has 0 saturated carbocycles. The summed E-state index contributed by atoms with van der Waals surface area (Å²) in [7, 11) is 0. The van der Waals surface area contributed by atoms with Gasteiger partial charge in [-0.2, -0.15) is 0 Å². The lowest BCUT2D eigenvalue weighted by Gasteiger charge is -2.06. The Morgan fingerprint density at radius 1 is 1.50 bits per heavy atom. The van der Waals surface area contributed by atoms with Gasteiger partial charge in [-0.3, -0.25) is 0 Å². The highest BCUT2D eigenvalue weighted by Crippen LogP contribution is 2.14. The van der Waals surface area contributed by atoms with E-state index in [-0.39, 0.29) is 0 Å². The fourth-order valence-electron chi connectivity index (χ4n) is 1.24. The van der Waals surface area contributed by atoms with E-state index in [9.17, 15) is 0 Å². The molecular formula is C12H14ClN. The highest BCUT2D eigenvalue weighted by molar-refractivity contribution is 6.30. The summed E-state index contributed by atoms with van der Waals surface area (Å²) >= 11 is 5.85. The number of terminal acetylenes is 1. The van der Waals surface area contributed by atoms with E-state index in [0.29, 0.717) is 0 Å². The van der Waals surface area contributed by atoms with Gasteiger partial charge in [-0.1, -0.05) is 17.7 Å². The van der Waals surface area contributed by atoms with Crippen LogP contribution < -0.4 is 5.32 Å². The van der Waals surface area contributed by atoms with Crippen LogP contribution in [0.3, 0.4) is 0 Å². The van der Waals surface area contributed by atoms with Crippen molar-refractivity contribution in [2.45, 2.75) is 19.9 Å². The van der Waals surface area contributed by atoms with Gasteiger partial charge in [0.25, 0.3) is 0 Å². The molecule has 0 saturated heterocycles. The summed E-state index contributed by atoms with van der Waals surface area (Å²) in [6.45, 7) is 3.77. The van der Waals surface area contributed by atoms with Crippen LogP contribution in [0.2, 0.25) is 5.02 Å². The molecule has 0 unspecified atom stereocenters. The minimum Gasteiger partial charge on any atom is -0.312 e. The van der Waals surface area contributed by atoms with Crippen LogP contribution in [0.25, 0.3) is 0 Å². The molecule has 1 N–H and O–H groups in total. The van der Waals surface area contributed by atoms with Crippen molar-refractivity contribution in [1.82, 2.24) is 5.32 Å². The highest BCUT2D eigenvalue weighted by atomic mass is 35.5. The Bertz CT molecular complexity index is 339. The molecule has 0 aliphatic heterocycles. The second-order valence-corrected chi connectivity index (χ2v) is 3.64. The van der Waals surface area contributed by atoms with Gasteiger partial charge >= 0.3 is 0 Å². The molecule has 0 aromatic heterocycles. The van der Waals surface area contributed by atoms with E-state index >= 15 is 0 Å². The first-order valence-corrected chi connectivity index (χ1v) is 5.01. The second-order valence-electron chi connectivity index (χ2n) is 3.20. The van der Waals surface area contributed by atoms with Crippen LogP contribution in [0.15, 0.2) is 18.2 Å². The molecule has 0 bridgehead atoms. The second kappa shape index (κ2) is 5.70. The van der Waals surface area contributed by atoms with Gasteiger partial charge in [0.1, 0.15) is 0 Å². The predicted molar refractivity (Wildman–Crippen MR) is 61.3 cm³/mol. The summed E-state index contributed by atoms with van der Waals surface area (Å²) in [4.78, 5) is 0. The van der Waals surface area contributed by atoms with E-state index in [1.165, 1.54) is 11.1 Å². The molecule has 0 aliphatic carbocycles. The summed E-state index contributed by atoms with van der Waals surface area (Å²) in [5.74, 6) is 2.59. The van der Waals surface area contributed by atoms with E-state index in [1.54, 1.807) is 0 Å². The summed E-state index contributed by atoms with van der Waals surface area (Å²) in [6, 6.07) is 5.92. The minimum atomic E-state index is 0.770. The molecule has 0 amide bonds. The van der Waals surface area contributed by atoms with Crippen molar-refractivity contribution in [1.29, 1.82) is 0 Å². The van der Waals surface area contributed by atoms with Crippen LogP contribution in [-0.2, 0) is 6.54 Å². The minimum absolute atomic E-state index is 0.770. The molecule has 0 radical (unpaired) electrons. The summed E-state index contributed by atoms with van der Waals surface area (Å²) in [5.41, 5.74) is 2.48. The van der Waals surface area contributed by atoms with Gasteiger partial charge in [-0.05, 0) is 30.2 Å². The molecule has 1 nitrogen and oxygen atoms in total. The van der Waals surface area contributed by atoms with Crippen LogP contribution in [-0.4, -0.2) is 6.54 Å². The zero-order chi connectivity index (χ0) is 10.4. The van der Waals surface area contributed by atoms with Crippen molar-refractivity contribution in [3.05, 3.63) is 34.3 Å². The normalized spacial score (nSPS) is 9.79. The topological polar surface area (TPSA) is 12.0 Å². The fraction of sp³-hybridized carbons (Fsp3) is 0.333. The van der Waals surface area contributed by atoms with E-state index in [4.69, 9.17) is 18.0 Å². The molecule has 1 rings (SSSR count). The molecule has 0 heterocycles. The molecule has 1 aromatic carbocycles. The van der Waals surface area contributed by atoms with Crippen molar-refractivity contribution in [3.8, 4) is 12.3 Å². The molecule has 0 atom stereocenters. The molecule has 0 fully saturated rings. The Balaban J connectivity index is 2.47. The molecule has 1 aromatic rings.